The second-order valence-electron chi connectivity index (χ2n) is 6.33. The zero-order valence-electron chi connectivity index (χ0n) is 14.0. The summed E-state index contributed by atoms with van der Waals surface area (Å²) in [4.78, 5) is 12.0. The number of sulfonamides is 1. The van der Waals surface area contributed by atoms with E-state index in [9.17, 15) is 22.0 Å². The molecule has 140 valence electrons. The number of carbonyl (C=O) groups excluding carboxylic acids is 1. The SMILES string of the molecule is Cc1ccc(C(=O)NCC(F)(F)CN)cc1S(=O)(=O)NC1CCCC1. The van der Waals surface area contributed by atoms with Gasteiger partial charge >= 0.3 is 0 Å². The van der Waals surface area contributed by atoms with E-state index in [0.29, 0.717) is 5.56 Å². The first-order valence-electron chi connectivity index (χ1n) is 8.14. The lowest BCUT2D eigenvalue weighted by Gasteiger charge is -2.16. The topological polar surface area (TPSA) is 101 Å². The highest BCUT2D eigenvalue weighted by atomic mass is 32.2. The number of halogens is 2. The maximum atomic E-state index is 13.1. The molecule has 0 saturated heterocycles. The molecule has 1 aromatic carbocycles. The summed E-state index contributed by atoms with van der Waals surface area (Å²) in [5.74, 6) is -3.98. The summed E-state index contributed by atoms with van der Waals surface area (Å²) < 4.78 is 54.1. The van der Waals surface area contributed by atoms with E-state index in [1.54, 1.807) is 6.92 Å². The number of alkyl halides is 2. The number of carbonyl (C=O) groups is 1. The van der Waals surface area contributed by atoms with Crippen molar-refractivity contribution in [3.05, 3.63) is 29.3 Å². The van der Waals surface area contributed by atoms with Crippen molar-refractivity contribution in [3.8, 4) is 0 Å². The minimum Gasteiger partial charge on any atom is -0.346 e. The molecule has 2 rings (SSSR count). The van der Waals surface area contributed by atoms with E-state index >= 15 is 0 Å². The van der Waals surface area contributed by atoms with Crippen LogP contribution in [0.5, 0.6) is 0 Å². The Morgan fingerprint density at radius 2 is 1.96 bits per heavy atom. The van der Waals surface area contributed by atoms with Gasteiger partial charge in [-0.3, -0.25) is 4.79 Å². The number of amides is 1. The molecule has 25 heavy (non-hydrogen) atoms. The highest BCUT2D eigenvalue weighted by Crippen LogP contribution is 2.22. The summed E-state index contributed by atoms with van der Waals surface area (Å²) in [5.41, 5.74) is 5.41. The molecule has 0 radical (unpaired) electrons. The fourth-order valence-corrected chi connectivity index (χ4v) is 4.32. The Morgan fingerprint density at radius 1 is 1.32 bits per heavy atom. The molecule has 0 bridgehead atoms. The van der Waals surface area contributed by atoms with Crippen LogP contribution in [0.2, 0.25) is 0 Å². The molecule has 0 unspecified atom stereocenters. The molecule has 6 nitrogen and oxygen atoms in total. The fraction of sp³-hybridized carbons (Fsp3) is 0.562. The average molecular weight is 375 g/mol. The minimum atomic E-state index is -3.78. The Morgan fingerprint density at radius 3 is 2.56 bits per heavy atom. The van der Waals surface area contributed by atoms with Gasteiger partial charge in [0.2, 0.25) is 10.0 Å². The Balaban J connectivity index is 2.17. The molecule has 0 spiro atoms. The highest BCUT2D eigenvalue weighted by Gasteiger charge is 2.28. The predicted octanol–water partition coefficient (Wildman–Crippen LogP) is 1.54. The second-order valence-corrected chi connectivity index (χ2v) is 8.01. The van der Waals surface area contributed by atoms with E-state index in [-0.39, 0.29) is 16.5 Å². The fourth-order valence-electron chi connectivity index (χ4n) is 2.74. The molecule has 0 heterocycles. The third-order valence-corrected chi connectivity index (χ3v) is 5.89. The van der Waals surface area contributed by atoms with Gasteiger partial charge in [-0.25, -0.2) is 21.9 Å². The van der Waals surface area contributed by atoms with Gasteiger partial charge in [0.05, 0.1) is 18.0 Å². The monoisotopic (exact) mass is 375 g/mol. The van der Waals surface area contributed by atoms with Gasteiger partial charge in [-0.1, -0.05) is 18.9 Å². The summed E-state index contributed by atoms with van der Waals surface area (Å²) >= 11 is 0. The van der Waals surface area contributed by atoms with Crippen molar-refractivity contribution in [1.82, 2.24) is 10.0 Å². The van der Waals surface area contributed by atoms with E-state index in [4.69, 9.17) is 5.73 Å². The van der Waals surface area contributed by atoms with Crippen LogP contribution in [0.15, 0.2) is 23.1 Å². The number of hydrogen-bond donors (Lipinski definition) is 3. The summed E-state index contributed by atoms with van der Waals surface area (Å²) in [6, 6.07) is 3.99. The van der Waals surface area contributed by atoms with E-state index in [1.807, 2.05) is 0 Å². The van der Waals surface area contributed by atoms with Crippen molar-refractivity contribution in [3.63, 3.8) is 0 Å². The van der Waals surface area contributed by atoms with Crippen LogP contribution in [-0.2, 0) is 10.0 Å². The van der Waals surface area contributed by atoms with E-state index in [2.05, 4.69) is 10.0 Å². The lowest BCUT2D eigenvalue weighted by atomic mass is 10.1. The molecule has 1 aliphatic rings. The van der Waals surface area contributed by atoms with Crippen LogP contribution >= 0.6 is 0 Å². The largest absolute Gasteiger partial charge is 0.346 e. The van der Waals surface area contributed by atoms with E-state index in [1.165, 1.54) is 18.2 Å². The lowest BCUT2D eigenvalue weighted by Crippen LogP contribution is -2.41. The summed E-state index contributed by atoms with van der Waals surface area (Å²) in [5, 5.41) is 2.08. The van der Waals surface area contributed by atoms with Gasteiger partial charge in [-0.15, -0.1) is 0 Å². The Hall–Kier alpha value is -1.58. The van der Waals surface area contributed by atoms with E-state index in [0.717, 1.165) is 25.7 Å². The van der Waals surface area contributed by atoms with Crippen LogP contribution in [0.3, 0.4) is 0 Å². The highest BCUT2D eigenvalue weighted by molar-refractivity contribution is 7.89. The first kappa shape index (κ1) is 19.7. The first-order chi connectivity index (χ1) is 11.6. The Labute approximate surface area is 146 Å². The number of aryl methyl sites for hydroxylation is 1. The van der Waals surface area contributed by atoms with E-state index < -0.39 is 34.9 Å². The Bertz CT molecular complexity index is 732. The van der Waals surface area contributed by atoms with Crippen LogP contribution < -0.4 is 15.8 Å². The van der Waals surface area contributed by atoms with Gasteiger partial charge in [0.15, 0.2) is 0 Å². The lowest BCUT2D eigenvalue weighted by molar-refractivity contribution is 0.0118. The molecule has 0 aromatic heterocycles. The molecular weight excluding hydrogens is 352 g/mol. The summed E-state index contributed by atoms with van der Waals surface area (Å²) in [6.45, 7) is -0.168. The van der Waals surface area contributed by atoms with Gasteiger partial charge in [0.25, 0.3) is 11.8 Å². The van der Waals surface area contributed by atoms with Crippen molar-refractivity contribution in [2.75, 3.05) is 13.1 Å². The normalized spacial score (nSPS) is 16.2. The van der Waals surface area contributed by atoms with Crippen LogP contribution in [0.4, 0.5) is 8.78 Å². The number of nitrogens with one attached hydrogen (secondary N) is 2. The zero-order chi connectivity index (χ0) is 18.7. The number of rotatable bonds is 7. The third-order valence-electron chi connectivity index (χ3n) is 4.22. The molecule has 1 aromatic rings. The first-order valence-corrected chi connectivity index (χ1v) is 9.62. The van der Waals surface area contributed by atoms with Crippen molar-refractivity contribution in [1.29, 1.82) is 0 Å². The van der Waals surface area contributed by atoms with Crippen LogP contribution in [0, 0.1) is 6.92 Å². The van der Waals surface area contributed by atoms with Gasteiger partial charge < -0.3 is 11.1 Å². The van der Waals surface area contributed by atoms with Gasteiger partial charge in [0, 0.05) is 11.6 Å². The summed E-state index contributed by atoms with van der Waals surface area (Å²) in [6.07, 6.45) is 3.52. The maximum absolute atomic E-state index is 13.1. The molecular formula is C16H23F2N3O3S. The van der Waals surface area contributed by atoms with Gasteiger partial charge in [-0.05, 0) is 37.5 Å². The molecule has 1 aliphatic carbocycles. The van der Waals surface area contributed by atoms with Crippen molar-refractivity contribution in [2.24, 2.45) is 5.73 Å². The van der Waals surface area contributed by atoms with Crippen molar-refractivity contribution < 1.29 is 22.0 Å². The van der Waals surface area contributed by atoms with Gasteiger partial charge in [0.1, 0.15) is 0 Å². The molecule has 9 heteroatoms. The minimum absolute atomic E-state index is 0.00483. The Kier molecular flexibility index (Phi) is 6.12. The average Bonchev–Trinajstić information content (AvgIpc) is 3.05. The van der Waals surface area contributed by atoms with Crippen LogP contribution in [-0.4, -0.2) is 39.4 Å². The number of hydrogen-bond acceptors (Lipinski definition) is 4. The van der Waals surface area contributed by atoms with Gasteiger partial charge in [-0.2, -0.15) is 0 Å². The van der Waals surface area contributed by atoms with Crippen LogP contribution in [0.1, 0.15) is 41.6 Å². The standard InChI is InChI=1S/C16H23F2N3O3S/c1-11-6-7-12(15(22)20-10-16(17,18)9-19)8-14(11)25(23,24)21-13-4-2-3-5-13/h6-8,13,21H,2-5,9-10,19H2,1H3,(H,20,22). The molecule has 1 fully saturated rings. The van der Waals surface area contributed by atoms with Crippen molar-refractivity contribution >= 4 is 15.9 Å². The predicted molar refractivity (Wildman–Crippen MR) is 90.1 cm³/mol. The zero-order valence-corrected chi connectivity index (χ0v) is 14.8. The summed E-state index contributed by atoms with van der Waals surface area (Å²) in [7, 11) is -3.78. The number of benzene rings is 1. The molecule has 1 amide bonds. The second kappa shape index (κ2) is 7.76. The van der Waals surface area contributed by atoms with Crippen LogP contribution in [0.25, 0.3) is 0 Å². The molecule has 0 aliphatic heterocycles. The molecule has 4 N–H and O–H groups in total. The smallest absolute Gasteiger partial charge is 0.277 e. The molecule has 1 saturated carbocycles. The number of nitrogens with two attached hydrogens (primary N) is 1. The quantitative estimate of drug-likeness (QED) is 0.673. The maximum Gasteiger partial charge on any atom is 0.277 e. The molecule has 0 atom stereocenters. The third kappa shape index (κ3) is 5.20. The van der Waals surface area contributed by atoms with Crippen molar-refractivity contribution in [2.45, 2.75) is 49.5 Å².